The van der Waals surface area contributed by atoms with Crippen molar-refractivity contribution in [1.82, 2.24) is 14.8 Å². The maximum atomic E-state index is 12.9. The molecule has 2 aliphatic heterocycles. The van der Waals surface area contributed by atoms with E-state index in [1.165, 1.54) is 0 Å². The van der Waals surface area contributed by atoms with E-state index in [1.54, 1.807) is 0 Å². The van der Waals surface area contributed by atoms with Gasteiger partial charge in [0.1, 0.15) is 5.75 Å². The molecule has 27 heavy (non-hydrogen) atoms. The highest BCUT2D eigenvalue weighted by Crippen LogP contribution is 2.24. The molecule has 0 N–H and O–H groups in total. The molecule has 1 amide bonds. The van der Waals surface area contributed by atoms with E-state index in [4.69, 9.17) is 14.5 Å². The van der Waals surface area contributed by atoms with Gasteiger partial charge >= 0.3 is 0 Å². The minimum Gasteiger partial charge on any atom is -0.494 e. The van der Waals surface area contributed by atoms with Crippen molar-refractivity contribution >= 4 is 16.8 Å². The summed E-state index contributed by atoms with van der Waals surface area (Å²) in [5.74, 6) is 1.12. The number of hydrogen-bond acceptors (Lipinski definition) is 5. The lowest BCUT2D eigenvalue weighted by molar-refractivity contribution is -0.140. The average Bonchev–Trinajstić information content (AvgIpc) is 3.16. The van der Waals surface area contributed by atoms with Gasteiger partial charge in [-0.15, -0.1) is 0 Å². The van der Waals surface area contributed by atoms with E-state index in [2.05, 4.69) is 17.0 Å². The van der Waals surface area contributed by atoms with Crippen LogP contribution in [0.2, 0.25) is 0 Å². The van der Waals surface area contributed by atoms with Crippen molar-refractivity contribution in [3.63, 3.8) is 0 Å². The Balaban J connectivity index is 1.47. The van der Waals surface area contributed by atoms with Crippen LogP contribution in [0, 0.1) is 0 Å². The largest absolute Gasteiger partial charge is 0.494 e. The molecule has 3 heterocycles. The number of carbonyl (C=O) groups is 1. The van der Waals surface area contributed by atoms with E-state index in [9.17, 15) is 4.79 Å². The van der Waals surface area contributed by atoms with Gasteiger partial charge in [-0.05, 0) is 50.6 Å². The van der Waals surface area contributed by atoms with Gasteiger partial charge in [0.25, 0.3) is 0 Å². The maximum absolute atomic E-state index is 12.9. The molecule has 0 aliphatic carbocycles. The molecule has 0 unspecified atom stereocenters. The highest BCUT2D eigenvalue weighted by atomic mass is 16.5. The van der Waals surface area contributed by atoms with Crippen LogP contribution in [0.1, 0.15) is 25.5 Å². The Bertz CT molecular complexity index is 804. The summed E-state index contributed by atoms with van der Waals surface area (Å²) < 4.78 is 10.9. The van der Waals surface area contributed by atoms with Crippen LogP contribution in [0.4, 0.5) is 0 Å². The van der Waals surface area contributed by atoms with Gasteiger partial charge in [-0.3, -0.25) is 14.7 Å². The number of rotatable bonds is 5. The average molecular weight is 369 g/mol. The Kier molecular flexibility index (Phi) is 5.55. The number of nitrogens with zero attached hydrogens (tertiary/aromatic N) is 3. The number of pyridine rings is 1. The van der Waals surface area contributed by atoms with Crippen LogP contribution in [0.15, 0.2) is 30.3 Å². The number of aromatic nitrogens is 1. The summed E-state index contributed by atoms with van der Waals surface area (Å²) in [5.41, 5.74) is 1.97. The van der Waals surface area contributed by atoms with E-state index in [0.717, 1.165) is 41.7 Å². The Labute approximate surface area is 160 Å². The quantitative estimate of drug-likeness (QED) is 0.810. The maximum Gasteiger partial charge on any atom is 0.240 e. The molecule has 6 nitrogen and oxygen atoms in total. The van der Waals surface area contributed by atoms with Gasteiger partial charge in [-0.1, -0.05) is 6.07 Å². The lowest BCUT2D eigenvalue weighted by atomic mass is 10.1. The van der Waals surface area contributed by atoms with Crippen LogP contribution in [0.25, 0.3) is 10.9 Å². The van der Waals surface area contributed by atoms with Crippen LogP contribution in [-0.2, 0) is 16.1 Å². The number of ether oxygens (including phenoxy) is 2. The number of morpholine rings is 1. The van der Waals surface area contributed by atoms with Crippen LogP contribution >= 0.6 is 0 Å². The second kappa shape index (κ2) is 8.23. The van der Waals surface area contributed by atoms with E-state index < -0.39 is 0 Å². The number of likely N-dealkylation sites (tertiary alicyclic amines) is 1. The fourth-order valence-electron chi connectivity index (χ4n) is 3.99. The lowest BCUT2D eigenvalue weighted by Gasteiger charge is -2.32. The molecule has 6 heteroatoms. The second-order valence-electron chi connectivity index (χ2n) is 7.16. The van der Waals surface area contributed by atoms with Gasteiger partial charge in [0.05, 0.1) is 37.1 Å². The summed E-state index contributed by atoms with van der Waals surface area (Å²) >= 11 is 0. The summed E-state index contributed by atoms with van der Waals surface area (Å²) in [4.78, 5) is 21.9. The summed E-state index contributed by atoms with van der Waals surface area (Å²) in [6.45, 7) is 7.01. The number of amides is 1. The topological polar surface area (TPSA) is 54.9 Å². The highest BCUT2D eigenvalue weighted by molar-refractivity contribution is 5.82. The smallest absolute Gasteiger partial charge is 0.240 e. The minimum atomic E-state index is -0.0269. The molecule has 0 saturated carbocycles. The van der Waals surface area contributed by atoms with Crippen LogP contribution in [0.5, 0.6) is 5.75 Å². The molecule has 2 fully saturated rings. The van der Waals surface area contributed by atoms with Crippen molar-refractivity contribution in [3.05, 3.63) is 36.0 Å². The molecular weight excluding hydrogens is 342 g/mol. The van der Waals surface area contributed by atoms with Gasteiger partial charge in [0.2, 0.25) is 5.91 Å². The van der Waals surface area contributed by atoms with Crippen molar-refractivity contribution in [1.29, 1.82) is 0 Å². The third-order valence-corrected chi connectivity index (χ3v) is 5.37. The number of fused-ring (bicyclic) bond motifs is 1. The zero-order valence-corrected chi connectivity index (χ0v) is 15.9. The van der Waals surface area contributed by atoms with E-state index in [1.807, 2.05) is 30.0 Å². The van der Waals surface area contributed by atoms with Crippen molar-refractivity contribution in [2.24, 2.45) is 0 Å². The Morgan fingerprint density at radius 2 is 2.07 bits per heavy atom. The summed E-state index contributed by atoms with van der Waals surface area (Å²) in [6, 6.07) is 10.1. The predicted molar refractivity (Wildman–Crippen MR) is 104 cm³/mol. The Hall–Kier alpha value is -2.18. The van der Waals surface area contributed by atoms with Gasteiger partial charge < -0.3 is 14.4 Å². The van der Waals surface area contributed by atoms with Gasteiger partial charge in [0.15, 0.2) is 0 Å². The summed E-state index contributed by atoms with van der Waals surface area (Å²) in [5, 5.41) is 1.08. The van der Waals surface area contributed by atoms with E-state index >= 15 is 0 Å². The molecule has 2 aromatic rings. The van der Waals surface area contributed by atoms with Crippen LogP contribution in [-0.4, -0.2) is 66.2 Å². The lowest BCUT2D eigenvalue weighted by Crippen LogP contribution is -2.49. The monoisotopic (exact) mass is 369 g/mol. The standard InChI is InChI=1S/C21H27N3O3/c1-2-27-18-7-8-19-16(14-18)5-6-17(22-19)15-24-9-3-4-20(24)21(25)23-10-12-26-13-11-23/h5-8,14,20H,2-4,9-13,15H2,1H3/t20-/m0/s1. The molecule has 0 radical (unpaired) electrons. The first-order valence-corrected chi connectivity index (χ1v) is 9.87. The first-order valence-electron chi connectivity index (χ1n) is 9.87. The first kappa shape index (κ1) is 18.2. The molecule has 2 saturated heterocycles. The van der Waals surface area contributed by atoms with Gasteiger partial charge in [0, 0.05) is 25.0 Å². The van der Waals surface area contributed by atoms with Crippen LogP contribution in [0.3, 0.4) is 0 Å². The molecule has 0 bridgehead atoms. The van der Waals surface area contributed by atoms with Crippen molar-refractivity contribution in [2.45, 2.75) is 32.4 Å². The molecule has 0 spiro atoms. The first-order chi connectivity index (χ1) is 13.2. The van der Waals surface area contributed by atoms with Gasteiger partial charge in [-0.2, -0.15) is 0 Å². The molecule has 1 atom stereocenters. The van der Waals surface area contributed by atoms with Crippen LogP contribution < -0.4 is 4.74 Å². The van der Waals surface area contributed by atoms with Crippen molar-refractivity contribution in [2.75, 3.05) is 39.5 Å². The normalized spacial score (nSPS) is 20.9. The number of hydrogen-bond donors (Lipinski definition) is 0. The number of carbonyl (C=O) groups excluding carboxylic acids is 1. The fraction of sp³-hybridized carbons (Fsp3) is 0.524. The predicted octanol–water partition coefficient (Wildman–Crippen LogP) is 2.46. The minimum absolute atomic E-state index is 0.0269. The van der Waals surface area contributed by atoms with Gasteiger partial charge in [-0.25, -0.2) is 0 Å². The number of benzene rings is 1. The summed E-state index contributed by atoms with van der Waals surface area (Å²) in [6.07, 6.45) is 1.99. The van der Waals surface area contributed by atoms with Crippen molar-refractivity contribution < 1.29 is 14.3 Å². The fourth-order valence-corrected chi connectivity index (χ4v) is 3.99. The summed E-state index contributed by atoms with van der Waals surface area (Å²) in [7, 11) is 0. The van der Waals surface area contributed by atoms with E-state index in [-0.39, 0.29) is 11.9 Å². The zero-order chi connectivity index (χ0) is 18.6. The molecule has 4 rings (SSSR count). The molecular formula is C21H27N3O3. The third-order valence-electron chi connectivity index (χ3n) is 5.37. The SMILES string of the molecule is CCOc1ccc2nc(CN3CCC[C@H]3C(=O)N3CCOCC3)ccc2c1. The highest BCUT2D eigenvalue weighted by Gasteiger charge is 2.34. The molecule has 1 aromatic carbocycles. The Morgan fingerprint density at radius 1 is 1.22 bits per heavy atom. The second-order valence-corrected chi connectivity index (χ2v) is 7.16. The van der Waals surface area contributed by atoms with Crippen molar-refractivity contribution in [3.8, 4) is 5.75 Å². The Morgan fingerprint density at radius 3 is 2.89 bits per heavy atom. The van der Waals surface area contributed by atoms with E-state index in [0.29, 0.717) is 39.5 Å². The molecule has 1 aromatic heterocycles. The third kappa shape index (κ3) is 4.06. The molecule has 2 aliphatic rings. The zero-order valence-electron chi connectivity index (χ0n) is 15.9. The molecule has 144 valence electrons.